The highest BCUT2D eigenvalue weighted by molar-refractivity contribution is 7.89. The van der Waals surface area contributed by atoms with Gasteiger partial charge in [-0.05, 0) is 24.3 Å². The molecule has 2 aromatic carbocycles. The third-order valence-corrected chi connectivity index (χ3v) is 4.49. The number of nitrogens with zero attached hydrogens (tertiary/aromatic N) is 2. The number of nitrogens with one attached hydrogen (secondary N) is 1. The Balaban J connectivity index is 2.27. The smallest absolute Gasteiger partial charge is 0.311 e. The van der Waals surface area contributed by atoms with Crippen molar-refractivity contribution >= 4 is 21.9 Å². The molecule has 0 saturated carbocycles. The average Bonchev–Trinajstić information content (AvgIpc) is 2.62. The molecule has 10 nitrogen and oxygen atoms in total. The molecule has 0 amide bonds. The van der Waals surface area contributed by atoms with Crippen LogP contribution in [0, 0.1) is 10.1 Å². The number of aromatic hydroxyl groups is 1. The van der Waals surface area contributed by atoms with Gasteiger partial charge >= 0.3 is 5.69 Å². The number of hydrogen-bond acceptors (Lipinski definition) is 8. The van der Waals surface area contributed by atoms with Gasteiger partial charge in [0.05, 0.1) is 25.4 Å². The van der Waals surface area contributed by atoms with E-state index in [1.165, 1.54) is 38.5 Å². The van der Waals surface area contributed by atoms with Gasteiger partial charge in [0.2, 0.25) is 0 Å². The molecule has 0 unspecified atom stereocenters. The second kappa shape index (κ2) is 7.70. The van der Waals surface area contributed by atoms with E-state index in [1.54, 1.807) is 0 Å². The molecular formula is C15H15N3O7S. The maximum absolute atomic E-state index is 12.4. The Morgan fingerprint density at radius 2 is 1.92 bits per heavy atom. The minimum absolute atomic E-state index is 0.0915. The molecule has 0 fully saturated rings. The molecule has 138 valence electrons. The number of sulfonamides is 1. The predicted molar refractivity (Wildman–Crippen MR) is 92.2 cm³/mol. The molecule has 2 rings (SSSR count). The van der Waals surface area contributed by atoms with Gasteiger partial charge in [0.25, 0.3) is 10.0 Å². The Kier molecular flexibility index (Phi) is 5.62. The molecule has 0 aliphatic heterocycles. The summed E-state index contributed by atoms with van der Waals surface area (Å²) in [5, 5.41) is 23.8. The molecule has 0 aliphatic rings. The number of rotatable bonds is 7. The van der Waals surface area contributed by atoms with E-state index in [0.717, 1.165) is 18.3 Å². The summed E-state index contributed by atoms with van der Waals surface area (Å²) >= 11 is 0. The van der Waals surface area contributed by atoms with Crippen LogP contribution in [0.3, 0.4) is 0 Å². The van der Waals surface area contributed by atoms with E-state index in [0.29, 0.717) is 5.75 Å². The van der Waals surface area contributed by atoms with Crippen LogP contribution in [0.5, 0.6) is 17.2 Å². The van der Waals surface area contributed by atoms with Crippen LogP contribution in [0.15, 0.2) is 46.4 Å². The lowest BCUT2D eigenvalue weighted by molar-refractivity contribution is -0.385. The van der Waals surface area contributed by atoms with Gasteiger partial charge in [-0.25, -0.2) is 0 Å². The standard InChI is InChI=1S/C15H15N3O7S/c1-24-11-4-6-14(25-2)15(8-11)26(22,23)17-16-9-10-3-5-13(19)12(7-10)18(20)21/h3-9,17,19H,1-2H3/b16-9+. The molecule has 2 aromatic rings. The van der Waals surface area contributed by atoms with Gasteiger partial charge in [0.1, 0.15) is 16.4 Å². The topological polar surface area (TPSA) is 140 Å². The Bertz CT molecular complexity index is 958. The third kappa shape index (κ3) is 4.19. The number of phenolic OH excluding ortho intramolecular Hbond substituents is 1. The van der Waals surface area contributed by atoms with Crippen molar-refractivity contribution in [2.75, 3.05) is 14.2 Å². The van der Waals surface area contributed by atoms with Crippen molar-refractivity contribution in [2.24, 2.45) is 5.10 Å². The fraction of sp³-hybridized carbons (Fsp3) is 0.133. The second-order valence-electron chi connectivity index (χ2n) is 4.87. The first-order chi connectivity index (χ1) is 12.3. The van der Waals surface area contributed by atoms with Crippen molar-refractivity contribution in [2.45, 2.75) is 4.90 Å². The fourth-order valence-corrected chi connectivity index (χ4v) is 2.96. The van der Waals surface area contributed by atoms with E-state index in [4.69, 9.17) is 9.47 Å². The lowest BCUT2D eigenvalue weighted by atomic mass is 10.2. The Labute approximate surface area is 148 Å². The van der Waals surface area contributed by atoms with E-state index in [2.05, 4.69) is 5.10 Å². The fourth-order valence-electron chi connectivity index (χ4n) is 1.98. The molecule has 26 heavy (non-hydrogen) atoms. The summed E-state index contributed by atoms with van der Waals surface area (Å²) in [5.74, 6) is -0.105. The normalized spacial score (nSPS) is 11.3. The van der Waals surface area contributed by atoms with Gasteiger partial charge in [0.15, 0.2) is 5.75 Å². The summed E-state index contributed by atoms with van der Waals surface area (Å²) in [7, 11) is -1.37. The Morgan fingerprint density at radius 3 is 2.54 bits per heavy atom. The molecule has 11 heteroatoms. The highest BCUT2D eigenvalue weighted by atomic mass is 32.2. The molecule has 0 spiro atoms. The number of ether oxygens (including phenoxy) is 2. The van der Waals surface area contributed by atoms with Gasteiger partial charge in [0, 0.05) is 17.7 Å². The summed E-state index contributed by atoms with van der Waals surface area (Å²) in [5.41, 5.74) is -0.305. The van der Waals surface area contributed by atoms with Crippen LogP contribution in [0.2, 0.25) is 0 Å². The van der Waals surface area contributed by atoms with E-state index < -0.39 is 26.4 Å². The number of nitro groups is 1. The predicted octanol–water partition coefficient (Wildman–Crippen LogP) is 1.63. The van der Waals surface area contributed by atoms with Crippen LogP contribution >= 0.6 is 0 Å². The van der Waals surface area contributed by atoms with Crippen molar-refractivity contribution in [1.82, 2.24) is 4.83 Å². The monoisotopic (exact) mass is 381 g/mol. The molecule has 0 heterocycles. The highest BCUT2D eigenvalue weighted by Gasteiger charge is 2.20. The first kappa shape index (κ1) is 19.0. The number of hydrogen-bond donors (Lipinski definition) is 2. The molecule has 0 aromatic heterocycles. The van der Waals surface area contributed by atoms with Crippen LogP contribution in [-0.4, -0.2) is 38.9 Å². The van der Waals surface area contributed by atoms with Crippen LogP contribution < -0.4 is 14.3 Å². The summed E-state index contributed by atoms with van der Waals surface area (Å²) in [6.07, 6.45) is 1.07. The lowest BCUT2D eigenvalue weighted by Crippen LogP contribution is -2.19. The van der Waals surface area contributed by atoms with Crippen molar-refractivity contribution in [1.29, 1.82) is 0 Å². The SMILES string of the molecule is COc1ccc(OC)c(S(=O)(=O)N/N=C/c2ccc(O)c([N+](=O)[O-])c2)c1. The maximum atomic E-state index is 12.4. The van der Waals surface area contributed by atoms with Gasteiger partial charge < -0.3 is 14.6 Å². The van der Waals surface area contributed by atoms with Crippen molar-refractivity contribution in [3.63, 3.8) is 0 Å². The average molecular weight is 381 g/mol. The molecule has 0 saturated heterocycles. The summed E-state index contributed by atoms with van der Waals surface area (Å²) < 4.78 is 34.8. The van der Waals surface area contributed by atoms with Gasteiger partial charge in [-0.3, -0.25) is 10.1 Å². The largest absolute Gasteiger partial charge is 0.502 e. The van der Waals surface area contributed by atoms with E-state index in [-0.39, 0.29) is 16.2 Å². The summed E-state index contributed by atoms with van der Waals surface area (Å²) in [6, 6.07) is 7.74. The second-order valence-corrected chi connectivity index (χ2v) is 6.50. The Morgan fingerprint density at radius 1 is 1.19 bits per heavy atom. The molecule has 2 N–H and O–H groups in total. The lowest BCUT2D eigenvalue weighted by Gasteiger charge is -2.10. The number of methoxy groups -OCH3 is 2. The maximum Gasteiger partial charge on any atom is 0.311 e. The minimum Gasteiger partial charge on any atom is -0.502 e. The quantitative estimate of drug-likeness (QED) is 0.422. The molecule has 0 bridgehead atoms. The summed E-state index contributed by atoms with van der Waals surface area (Å²) in [4.78, 5) is 11.8. The van der Waals surface area contributed by atoms with E-state index in [1.807, 2.05) is 4.83 Å². The van der Waals surface area contributed by atoms with E-state index in [9.17, 15) is 23.6 Å². The first-order valence-electron chi connectivity index (χ1n) is 7.03. The number of hydrazone groups is 1. The summed E-state index contributed by atoms with van der Waals surface area (Å²) in [6.45, 7) is 0. The number of phenols is 1. The zero-order valence-corrected chi connectivity index (χ0v) is 14.6. The van der Waals surface area contributed by atoms with Crippen molar-refractivity contribution in [3.05, 3.63) is 52.1 Å². The minimum atomic E-state index is -4.08. The van der Waals surface area contributed by atoms with Crippen molar-refractivity contribution in [3.8, 4) is 17.2 Å². The molecule has 0 aliphatic carbocycles. The third-order valence-electron chi connectivity index (χ3n) is 3.24. The number of nitro benzene ring substituents is 1. The van der Waals surface area contributed by atoms with Crippen LogP contribution in [0.4, 0.5) is 5.69 Å². The number of benzene rings is 2. The highest BCUT2D eigenvalue weighted by Crippen LogP contribution is 2.28. The van der Waals surface area contributed by atoms with Crippen LogP contribution in [-0.2, 0) is 10.0 Å². The van der Waals surface area contributed by atoms with Crippen LogP contribution in [0.25, 0.3) is 0 Å². The van der Waals surface area contributed by atoms with Gasteiger partial charge in [-0.15, -0.1) is 0 Å². The molecular weight excluding hydrogens is 366 g/mol. The van der Waals surface area contributed by atoms with Crippen LogP contribution in [0.1, 0.15) is 5.56 Å². The Hall–Kier alpha value is -3.34. The first-order valence-corrected chi connectivity index (χ1v) is 8.51. The van der Waals surface area contributed by atoms with E-state index >= 15 is 0 Å². The zero-order chi connectivity index (χ0) is 19.3. The van der Waals surface area contributed by atoms with Crippen molar-refractivity contribution < 1.29 is 27.9 Å². The van der Waals surface area contributed by atoms with Gasteiger partial charge in [-0.2, -0.15) is 18.4 Å². The van der Waals surface area contributed by atoms with Gasteiger partial charge in [-0.1, -0.05) is 0 Å². The molecule has 0 atom stereocenters. The zero-order valence-electron chi connectivity index (χ0n) is 13.7. The molecule has 0 radical (unpaired) electrons.